The fourth-order valence-corrected chi connectivity index (χ4v) is 3.68. The maximum atomic E-state index is 10.3. The van der Waals surface area contributed by atoms with Crippen LogP contribution < -0.4 is 15.7 Å². The minimum Gasteiger partial charge on any atom is -0.507 e. The number of hydrogen-bond donors (Lipinski definition) is 5. The van der Waals surface area contributed by atoms with Crippen LogP contribution in [0.5, 0.6) is 17.2 Å². The molecule has 5 N–H and O–H groups in total. The molecular weight excluding hydrogens is 424 g/mol. The topological polar surface area (TPSA) is 141 Å². The average Bonchev–Trinajstić information content (AvgIpc) is 3.22. The average molecular weight is 459 g/mol. The Labute approximate surface area is 193 Å². The quantitative estimate of drug-likeness (QED) is 0.310. The molecule has 0 aliphatic rings. The third-order valence-electron chi connectivity index (χ3n) is 5.56. The van der Waals surface area contributed by atoms with Crippen LogP contribution in [-0.4, -0.2) is 54.8 Å². The summed E-state index contributed by atoms with van der Waals surface area (Å²) in [7, 11) is 1.42. The summed E-state index contributed by atoms with van der Waals surface area (Å²) in [6.07, 6.45) is 0.679. The highest BCUT2D eigenvalue weighted by molar-refractivity contribution is 5.87. The van der Waals surface area contributed by atoms with Crippen LogP contribution in [0.15, 0.2) is 17.1 Å². The van der Waals surface area contributed by atoms with E-state index < -0.39 is 0 Å². The molecule has 0 amide bonds. The van der Waals surface area contributed by atoms with Gasteiger partial charge in [-0.3, -0.25) is 5.10 Å². The second kappa shape index (κ2) is 10.1. The number of aliphatic hydroxyl groups excluding tert-OH is 1. The number of rotatable bonds is 9. The molecular formula is C23H34N6O4. The number of ether oxygens (including phenoxy) is 1. The highest BCUT2D eigenvalue weighted by Crippen LogP contribution is 2.34. The van der Waals surface area contributed by atoms with Crippen molar-refractivity contribution in [1.82, 2.24) is 19.7 Å². The van der Waals surface area contributed by atoms with Crippen molar-refractivity contribution < 1.29 is 20.1 Å². The summed E-state index contributed by atoms with van der Waals surface area (Å²) in [5.74, 6) is 0.792. The van der Waals surface area contributed by atoms with Gasteiger partial charge in [0.15, 0.2) is 22.8 Å². The lowest BCUT2D eigenvalue weighted by molar-refractivity contribution is 0.260. The largest absolute Gasteiger partial charge is 0.507 e. The number of aromatic amines is 1. The summed E-state index contributed by atoms with van der Waals surface area (Å²) in [6.45, 7) is 10.4. The number of nitrogens with one attached hydrogen (secondary N) is 2. The molecule has 0 aliphatic carbocycles. The van der Waals surface area contributed by atoms with Crippen molar-refractivity contribution in [2.75, 3.05) is 19.0 Å². The van der Waals surface area contributed by atoms with Gasteiger partial charge in [-0.2, -0.15) is 10.1 Å². The summed E-state index contributed by atoms with van der Waals surface area (Å²) in [5.41, 5.74) is 3.48. The van der Waals surface area contributed by atoms with Gasteiger partial charge in [0.25, 0.3) is 0 Å². The minimum absolute atomic E-state index is 0.0114. The number of phenolic OH excluding ortho intramolecular Hbond substituents is 2. The number of H-pyrrole nitrogens is 1. The second-order valence-electron chi connectivity index (χ2n) is 8.59. The normalized spacial score (nSPS) is 13.3. The van der Waals surface area contributed by atoms with Gasteiger partial charge < -0.3 is 29.9 Å². The molecule has 33 heavy (non-hydrogen) atoms. The molecule has 0 bridgehead atoms. The van der Waals surface area contributed by atoms with E-state index in [-0.39, 0.29) is 48.4 Å². The lowest BCUT2D eigenvalue weighted by Crippen LogP contribution is -2.30. The first-order valence-electron chi connectivity index (χ1n) is 11.2. The molecule has 3 aromatic rings. The summed E-state index contributed by atoms with van der Waals surface area (Å²) in [4.78, 5) is 9.49. The third-order valence-corrected chi connectivity index (χ3v) is 5.56. The van der Waals surface area contributed by atoms with Crippen molar-refractivity contribution in [3.8, 4) is 17.2 Å². The molecule has 0 saturated heterocycles. The smallest absolute Gasteiger partial charge is 0.227 e. The van der Waals surface area contributed by atoms with E-state index in [2.05, 4.69) is 43.2 Å². The molecule has 0 fully saturated rings. The van der Waals surface area contributed by atoms with E-state index in [1.54, 1.807) is 0 Å². The standard InChI is InChI=1S/C23H34N6O4/c1-7-15(11-30)25-23-26-22(24-10-14-8-17(32)18(33-6)9-16(14)31)20-21(29(23)13(4)5)19(12(2)3)27-28-20/h8-9,12-13,15,30-32H,7,10-11H2,1-6H3,(H,27,28)(H,24,25,26). The molecule has 3 rings (SSSR count). The highest BCUT2D eigenvalue weighted by Gasteiger charge is 2.21. The molecule has 1 aromatic carbocycles. The van der Waals surface area contributed by atoms with Gasteiger partial charge in [0.1, 0.15) is 5.75 Å². The van der Waals surface area contributed by atoms with Gasteiger partial charge in [-0.15, -0.1) is 0 Å². The second-order valence-corrected chi connectivity index (χ2v) is 8.59. The Hall–Kier alpha value is -3.27. The van der Waals surface area contributed by atoms with Gasteiger partial charge in [0.2, 0.25) is 5.62 Å². The molecule has 2 aromatic heterocycles. The van der Waals surface area contributed by atoms with E-state index in [0.717, 1.165) is 11.2 Å². The maximum absolute atomic E-state index is 10.3. The Morgan fingerprint density at radius 1 is 1.18 bits per heavy atom. The zero-order valence-electron chi connectivity index (χ0n) is 20.0. The summed E-state index contributed by atoms with van der Waals surface area (Å²) < 4.78 is 7.08. The van der Waals surface area contributed by atoms with Crippen LogP contribution in [0.25, 0.3) is 11.0 Å². The van der Waals surface area contributed by atoms with Crippen molar-refractivity contribution in [3.05, 3.63) is 29.0 Å². The van der Waals surface area contributed by atoms with E-state index in [9.17, 15) is 15.3 Å². The van der Waals surface area contributed by atoms with Gasteiger partial charge >= 0.3 is 0 Å². The Balaban J connectivity index is 2.18. The number of phenols is 2. The van der Waals surface area contributed by atoms with Crippen LogP contribution in [0.1, 0.15) is 64.3 Å². The molecule has 0 radical (unpaired) electrons. The Morgan fingerprint density at radius 2 is 1.91 bits per heavy atom. The number of methoxy groups -OCH3 is 1. The first kappa shape index (κ1) is 24.4. The number of nitrogens with zero attached hydrogens (tertiary/aromatic N) is 4. The number of aromatic hydroxyl groups is 2. The van der Waals surface area contributed by atoms with E-state index in [1.807, 2.05) is 11.5 Å². The molecule has 1 unspecified atom stereocenters. The highest BCUT2D eigenvalue weighted by atomic mass is 16.5. The monoisotopic (exact) mass is 458 g/mol. The van der Waals surface area contributed by atoms with E-state index >= 15 is 0 Å². The Bertz CT molecular complexity index is 1180. The maximum Gasteiger partial charge on any atom is 0.227 e. The van der Waals surface area contributed by atoms with Gasteiger partial charge in [0.05, 0.1) is 31.0 Å². The summed E-state index contributed by atoms with van der Waals surface area (Å²) >= 11 is 0. The zero-order valence-corrected chi connectivity index (χ0v) is 20.0. The van der Waals surface area contributed by atoms with E-state index in [0.29, 0.717) is 28.9 Å². The number of anilines is 1. The number of aromatic nitrogens is 4. The first-order chi connectivity index (χ1) is 15.7. The third kappa shape index (κ3) is 4.90. The minimum atomic E-state index is -0.273. The number of aliphatic hydroxyl groups is 1. The Kier molecular flexibility index (Phi) is 7.47. The van der Waals surface area contributed by atoms with Crippen LogP contribution in [0.3, 0.4) is 0 Å². The van der Waals surface area contributed by atoms with Crippen molar-refractivity contribution in [2.24, 2.45) is 4.99 Å². The molecule has 1 atom stereocenters. The number of hydrogen-bond acceptors (Lipinski definition) is 8. The SMILES string of the molecule is CCC(CO)N=c1nc(NCc2cc(O)c(OC)cc2O)c2n[nH]c(C(C)C)c2n1C(C)C. The van der Waals surface area contributed by atoms with Gasteiger partial charge in [-0.05, 0) is 32.3 Å². The van der Waals surface area contributed by atoms with Crippen LogP contribution in [0.4, 0.5) is 5.82 Å². The van der Waals surface area contributed by atoms with Gasteiger partial charge in [-0.1, -0.05) is 20.8 Å². The predicted octanol–water partition coefficient (Wildman–Crippen LogP) is 3.17. The molecule has 0 aliphatic heterocycles. The molecule has 10 heteroatoms. The summed E-state index contributed by atoms with van der Waals surface area (Å²) in [5, 5.41) is 41.1. The van der Waals surface area contributed by atoms with Crippen LogP contribution >= 0.6 is 0 Å². The first-order valence-corrected chi connectivity index (χ1v) is 11.2. The van der Waals surface area contributed by atoms with Crippen LogP contribution in [0, 0.1) is 0 Å². The molecule has 2 heterocycles. The van der Waals surface area contributed by atoms with E-state index in [1.165, 1.54) is 19.2 Å². The zero-order chi connectivity index (χ0) is 24.3. The molecule has 0 spiro atoms. The van der Waals surface area contributed by atoms with Crippen molar-refractivity contribution in [1.29, 1.82) is 0 Å². The van der Waals surface area contributed by atoms with Crippen LogP contribution in [-0.2, 0) is 6.54 Å². The molecule has 10 nitrogen and oxygen atoms in total. The van der Waals surface area contributed by atoms with Crippen LogP contribution in [0.2, 0.25) is 0 Å². The van der Waals surface area contributed by atoms with E-state index in [4.69, 9.17) is 14.7 Å². The van der Waals surface area contributed by atoms with Crippen molar-refractivity contribution in [2.45, 2.75) is 65.6 Å². The lowest BCUT2D eigenvalue weighted by atomic mass is 10.1. The van der Waals surface area contributed by atoms with Crippen molar-refractivity contribution in [3.63, 3.8) is 0 Å². The predicted molar refractivity (Wildman–Crippen MR) is 127 cm³/mol. The number of fused-ring (bicyclic) bond motifs is 1. The fourth-order valence-electron chi connectivity index (χ4n) is 3.68. The molecule has 180 valence electrons. The van der Waals surface area contributed by atoms with Gasteiger partial charge in [-0.25, -0.2) is 4.99 Å². The number of benzene rings is 1. The van der Waals surface area contributed by atoms with Gasteiger partial charge in [0, 0.05) is 24.2 Å². The fraction of sp³-hybridized carbons (Fsp3) is 0.522. The lowest BCUT2D eigenvalue weighted by Gasteiger charge is -2.18. The Morgan fingerprint density at radius 3 is 2.48 bits per heavy atom. The van der Waals surface area contributed by atoms with Crippen molar-refractivity contribution >= 4 is 16.9 Å². The molecule has 0 saturated carbocycles. The summed E-state index contributed by atoms with van der Waals surface area (Å²) in [6, 6.07) is 2.60.